The summed E-state index contributed by atoms with van der Waals surface area (Å²) in [5.41, 5.74) is 6.66. The Bertz CT molecular complexity index is 428. The Morgan fingerprint density at radius 1 is 1.00 bits per heavy atom. The fourth-order valence-corrected chi connectivity index (χ4v) is 4.95. The zero-order valence-corrected chi connectivity index (χ0v) is 11.3. The molecule has 0 aromatic carbocycles. The van der Waals surface area contributed by atoms with Crippen LogP contribution < -0.4 is 11.1 Å². The van der Waals surface area contributed by atoms with Crippen LogP contribution in [0.2, 0.25) is 0 Å². The van der Waals surface area contributed by atoms with Gasteiger partial charge in [0.1, 0.15) is 0 Å². The van der Waals surface area contributed by atoms with Gasteiger partial charge in [-0.3, -0.25) is 0 Å². The average molecular weight is 258 g/mol. The van der Waals surface area contributed by atoms with Crippen LogP contribution in [0.1, 0.15) is 37.7 Å². The molecule has 5 rings (SSSR count). The highest BCUT2D eigenvalue weighted by Crippen LogP contribution is 2.53. The number of nitrogens with one attached hydrogen (secondary N) is 1. The molecule has 0 unspecified atom stereocenters. The molecular weight excluding hydrogens is 236 g/mol. The summed E-state index contributed by atoms with van der Waals surface area (Å²) in [4.78, 5) is 8.12. The maximum atomic E-state index is 5.52. The summed E-state index contributed by atoms with van der Waals surface area (Å²) in [5.74, 6) is 4.29. The van der Waals surface area contributed by atoms with E-state index in [1.807, 2.05) is 12.4 Å². The average Bonchev–Trinajstić information content (AvgIpc) is 2.39. The quantitative estimate of drug-likeness (QED) is 0.870. The topological polar surface area (TPSA) is 63.8 Å². The number of hydrogen-bond acceptors (Lipinski definition) is 4. The molecule has 4 fully saturated rings. The first kappa shape index (κ1) is 11.6. The van der Waals surface area contributed by atoms with Crippen molar-refractivity contribution in [2.24, 2.45) is 23.7 Å². The van der Waals surface area contributed by atoms with Crippen molar-refractivity contribution in [3.8, 4) is 0 Å². The summed E-state index contributed by atoms with van der Waals surface area (Å²) in [5, 5.41) is 3.78. The fraction of sp³-hybridized carbons (Fsp3) is 0.733. The molecule has 3 N–H and O–H groups in total. The molecule has 4 heteroatoms. The third-order valence-electron chi connectivity index (χ3n) is 5.49. The van der Waals surface area contributed by atoms with Gasteiger partial charge in [-0.25, -0.2) is 9.97 Å². The van der Waals surface area contributed by atoms with Gasteiger partial charge in [0.05, 0.1) is 0 Å². The second kappa shape index (κ2) is 4.44. The van der Waals surface area contributed by atoms with Crippen LogP contribution in [0.15, 0.2) is 12.4 Å². The van der Waals surface area contributed by atoms with Gasteiger partial charge in [0.15, 0.2) is 0 Å². The van der Waals surface area contributed by atoms with Crippen LogP contribution in [0.4, 0.5) is 5.95 Å². The largest absolute Gasteiger partial charge is 0.368 e. The van der Waals surface area contributed by atoms with Gasteiger partial charge in [-0.05, 0) is 55.8 Å². The third-order valence-corrected chi connectivity index (χ3v) is 5.49. The lowest BCUT2D eigenvalue weighted by Crippen LogP contribution is -2.54. The van der Waals surface area contributed by atoms with E-state index in [2.05, 4.69) is 15.3 Å². The van der Waals surface area contributed by atoms with Crippen molar-refractivity contribution in [2.75, 3.05) is 5.73 Å². The Labute approximate surface area is 114 Å². The molecular formula is C15H22N4. The van der Waals surface area contributed by atoms with E-state index in [0.29, 0.717) is 5.95 Å². The van der Waals surface area contributed by atoms with E-state index in [9.17, 15) is 0 Å². The first-order valence-corrected chi connectivity index (χ1v) is 7.57. The minimum absolute atomic E-state index is 0.360. The van der Waals surface area contributed by atoms with Gasteiger partial charge in [0.25, 0.3) is 0 Å². The molecule has 0 saturated heterocycles. The lowest BCUT2D eigenvalue weighted by atomic mass is 9.54. The maximum Gasteiger partial charge on any atom is 0.219 e. The summed E-state index contributed by atoms with van der Waals surface area (Å²) >= 11 is 0. The molecule has 4 nitrogen and oxygen atoms in total. The summed E-state index contributed by atoms with van der Waals surface area (Å²) in [6.45, 7) is 0.882. The van der Waals surface area contributed by atoms with Gasteiger partial charge in [-0.1, -0.05) is 0 Å². The molecule has 0 aliphatic heterocycles. The molecule has 4 aliphatic rings. The predicted octanol–water partition coefficient (Wildman–Crippen LogP) is 1.97. The second-order valence-corrected chi connectivity index (χ2v) is 6.79. The molecule has 0 amide bonds. The highest BCUT2D eigenvalue weighted by atomic mass is 15.0. The Morgan fingerprint density at radius 2 is 1.58 bits per heavy atom. The molecule has 1 aromatic rings. The van der Waals surface area contributed by atoms with Crippen molar-refractivity contribution in [1.82, 2.24) is 15.3 Å². The van der Waals surface area contributed by atoms with Gasteiger partial charge in [0, 0.05) is 30.5 Å². The van der Waals surface area contributed by atoms with Crippen molar-refractivity contribution in [1.29, 1.82) is 0 Å². The van der Waals surface area contributed by atoms with E-state index in [4.69, 9.17) is 5.73 Å². The number of anilines is 1. The SMILES string of the molecule is Nc1ncc(CNC2C3CC4CC(C3)CC2C4)cn1. The predicted molar refractivity (Wildman–Crippen MR) is 74.1 cm³/mol. The highest BCUT2D eigenvalue weighted by molar-refractivity contribution is 5.17. The number of nitrogens with two attached hydrogens (primary N) is 1. The van der Waals surface area contributed by atoms with E-state index in [0.717, 1.165) is 41.8 Å². The summed E-state index contributed by atoms with van der Waals surface area (Å²) in [6.07, 6.45) is 11.0. The van der Waals surface area contributed by atoms with Crippen LogP contribution in [0.25, 0.3) is 0 Å². The van der Waals surface area contributed by atoms with Crippen LogP contribution in [-0.4, -0.2) is 16.0 Å². The highest BCUT2D eigenvalue weighted by Gasteiger charge is 2.47. The minimum Gasteiger partial charge on any atom is -0.368 e. The first-order chi connectivity index (χ1) is 9.28. The summed E-state index contributed by atoms with van der Waals surface area (Å²) in [7, 11) is 0. The van der Waals surface area contributed by atoms with Crippen molar-refractivity contribution >= 4 is 5.95 Å². The zero-order chi connectivity index (χ0) is 12.8. The van der Waals surface area contributed by atoms with Gasteiger partial charge in [-0.2, -0.15) is 0 Å². The van der Waals surface area contributed by atoms with E-state index in [1.165, 1.54) is 32.1 Å². The smallest absolute Gasteiger partial charge is 0.219 e. The Morgan fingerprint density at radius 3 is 2.16 bits per heavy atom. The lowest BCUT2D eigenvalue weighted by Gasteiger charge is -2.54. The first-order valence-electron chi connectivity index (χ1n) is 7.57. The molecule has 1 heterocycles. The summed E-state index contributed by atoms with van der Waals surface area (Å²) in [6, 6.07) is 0.727. The van der Waals surface area contributed by atoms with Crippen LogP contribution in [0.5, 0.6) is 0 Å². The number of hydrogen-bond donors (Lipinski definition) is 2. The maximum absolute atomic E-state index is 5.52. The Kier molecular flexibility index (Phi) is 2.72. The molecule has 1 aromatic heterocycles. The molecule has 0 spiro atoms. The molecule has 19 heavy (non-hydrogen) atoms. The molecule has 102 valence electrons. The van der Waals surface area contributed by atoms with Gasteiger partial charge >= 0.3 is 0 Å². The number of aromatic nitrogens is 2. The van der Waals surface area contributed by atoms with Crippen LogP contribution in [-0.2, 0) is 6.54 Å². The third kappa shape index (κ3) is 2.12. The molecule has 4 saturated carbocycles. The minimum atomic E-state index is 0.360. The molecule has 4 bridgehead atoms. The number of rotatable bonds is 3. The van der Waals surface area contributed by atoms with Crippen LogP contribution in [0.3, 0.4) is 0 Å². The van der Waals surface area contributed by atoms with Crippen LogP contribution in [0, 0.1) is 23.7 Å². The van der Waals surface area contributed by atoms with Gasteiger partial charge in [-0.15, -0.1) is 0 Å². The zero-order valence-electron chi connectivity index (χ0n) is 11.3. The summed E-state index contributed by atoms with van der Waals surface area (Å²) < 4.78 is 0. The van der Waals surface area contributed by atoms with Crippen molar-refractivity contribution in [3.63, 3.8) is 0 Å². The molecule has 0 atom stereocenters. The fourth-order valence-electron chi connectivity index (χ4n) is 4.95. The normalized spacial score (nSPS) is 39.7. The van der Waals surface area contributed by atoms with Crippen molar-refractivity contribution in [3.05, 3.63) is 18.0 Å². The Balaban J connectivity index is 1.42. The van der Waals surface area contributed by atoms with Gasteiger partial charge < -0.3 is 11.1 Å². The van der Waals surface area contributed by atoms with E-state index < -0.39 is 0 Å². The second-order valence-electron chi connectivity index (χ2n) is 6.79. The van der Waals surface area contributed by atoms with E-state index in [-0.39, 0.29) is 0 Å². The van der Waals surface area contributed by atoms with Crippen LogP contribution >= 0.6 is 0 Å². The van der Waals surface area contributed by atoms with Gasteiger partial charge in [0.2, 0.25) is 5.95 Å². The van der Waals surface area contributed by atoms with Crippen molar-refractivity contribution in [2.45, 2.75) is 44.7 Å². The molecule has 4 aliphatic carbocycles. The number of nitrogens with zero attached hydrogens (tertiary/aromatic N) is 2. The van der Waals surface area contributed by atoms with Crippen molar-refractivity contribution < 1.29 is 0 Å². The Hall–Kier alpha value is -1.16. The monoisotopic (exact) mass is 258 g/mol. The lowest BCUT2D eigenvalue weighted by molar-refractivity contribution is -0.0142. The number of nitrogen functional groups attached to an aromatic ring is 1. The van der Waals surface area contributed by atoms with E-state index >= 15 is 0 Å². The standard InChI is InChI=1S/C15H22N4/c16-15-18-7-11(8-19-15)6-17-14-12-2-9-1-10(4-12)5-13(14)3-9/h7-10,12-14,17H,1-6H2,(H2,16,18,19). The van der Waals surface area contributed by atoms with E-state index in [1.54, 1.807) is 0 Å². The molecule has 0 radical (unpaired) electrons.